The molecule has 8 nitrogen and oxygen atoms in total. The van der Waals surface area contributed by atoms with Gasteiger partial charge in [-0.1, -0.05) is 54.6 Å². The summed E-state index contributed by atoms with van der Waals surface area (Å²) in [5.74, 6) is -3.10. The maximum atomic E-state index is 9.77. The molecule has 0 radical (unpaired) electrons. The van der Waals surface area contributed by atoms with Crippen LogP contribution in [0, 0.1) is 11.3 Å². The predicted octanol–water partition coefficient (Wildman–Crippen LogP) is 3.07. The van der Waals surface area contributed by atoms with Crippen LogP contribution in [0.25, 0.3) is 11.1 Å². The molecular formula is C28H28N2O6. The number of aliphatic carboxylic acids is 2. The van der Waals surface area contributed by atoms with Crippen LogP contribution in [0.3, 0.4) is 0 Å². The van der Waals surface area contributed by atoms with E-state index in [1.54, 1.807) is 0 Å². The summed E-state index contributed by atoms with van der Waals surface area (Å²) in [5, 5.41) is 41.7. The standard InChI is InChI=1S/C24H22N2.C4H6O6/c1-26-13-12-24(19-7-3-2-4-8-19)23-11-10-21(15-22(23)17-26)20-9-5-6-18(14-20)16-25;5-1(3(7)8)2(6)4(9)10/h2-11,14-15,24H,12-13,17H2,1H3;1-2,5-6H,(H,7,8)(H,9,10)/t;1-,2-/m.1/s1. The number of hydrogen-bond donors (Lipinski definition) is 4. The lowest BCUT2D eigenvalue weighted by Crippen LogP contribution is -2.39. The van der Waals surface area contributed by atoms with Crippen molar-refractivity contribution in [3.8, 4) is 17.2 Å². The molecule has 3 aromatic rings. The first kappa shape index (κ1) is 26.6. The molecule has 4 rings (SSSR count). The molecule has 1 unspecified atom stereocenters. The number of benzene rings is 3. The molecule has 186 valence electrons. The van der Waals surface area contributed by atoms with Crippen molar-refractivity contribution in [3.63, 3.8) is 0 Å². The lowest BCUT2D eigenvalue weighted by Gasteiger charge is -2.18. The molecular weight excluding hydrogens is 460 g/mol. The number of nitrogens with zero attached hydrogens (tertiary/aromatic N) is 2. The van der Waals surface area contributed by atoms with E-state index in [2.05, 4.69) is 72.6 Å². The van der Waals surface area contributed by atoms with Crippen molar-refractivity contribution in [1.82, 2.24) is 4.90 Å². The zero-order valence-electron chi connectivity index (χ0n) is 19.8. The van der Waals surface area contributed by atoms with Crippen molar-refractivity contribution in [1.29, 1.82) is 5.26 Å². The van der Waals surface area contributed by atoms with Gasteiger partial charge < -0.3 is 25.3 Å². The van der Waals surface area contributed by atoms with Gasteiger partial charge in [0.05, 0.1) is 11.6 Å². The summed E-state index contributed by atoms with van der Waals surface area (Å²) in [6.45, 7) is 2.05. The van der Waals surface area contributed by atoms with Crippen molar-refractivity contribution in [3.05, 3.63) is 95.1 Å². The van der Waals surface area contributed by atoms with Gasteiger partial charge in [-0.25, -0.2) is 9.59 Å². The fourth-order valence-electron chi connectivity index (χ4n) is 4.21. The Morgan fingerprint density at radius 3 is 2.17 bits per heavy atom. The van der Waals surface area contributed by atoms with E-state index in [1.165, 1.54) is 22.3 Å². The molecule has 0 aliphatic carbocycles. The number of carbonyl (C=O) groups is 2. The number of fused-ring (bicyclic) bond motifs is 1. The fraction of sp³-hybridized carbons (Fsp3) is 0.250. The van der Waals surface area contributed by atoms with E-state index in [0.29, 0.717) is 11.5 Å². The highest BCUT2D eigenvalue weighted by atomic mass is 16.4. The van der Waals surface area contributed by atoms with Crippen LogP contribution in [0.15, 0.2) is 72.8 Å². The van der Waals surface area contributed by atoms with Crippen LogP contribution in [-0.4, -0.2) is 63.1 Å². The van der Waals surface area contributed by atoms with Gasteiger partial charge in [-0.2, -0.15) is 5.26 Å². The SMILES string of the molecule is CN1CCC(c2ccccc2)c2ccc(-c3cccc(C#N)c3)cc2C1.O=C(O)[C@H](O)[C@@H](O)C(=O)O. The molecule has 0 spiro atoms. The first-order chi connectivity index (χ1) is 17.2. The quantitative estimate of drug-likeness (QED) is 0.429. The Morgan fingerprint density at radius 1 is 0.917 bits per heavy atom. The molecule has 0 aromatic heterocycles. The minimum atomic E-state index is -2.27. The van der Waals surface area contributed by atoms with Gasteiger partial charge in [-0.15, -0.1) is 0 Å². The zero-order valence-corrected chi connectivity index (χ0v) is 19.8. The lowest BCUT2D eigenvalue weighted by molar-refractivity contribution is -0.165. The molecule has 4 N–H and O–H groups in total. The molecule has 1 aliphatic rings. The van der Waals surface area contributed by atoms with Crippen molar-refractivity contribution in [2.45, 2.75) is 31.1 Å². The molecule has 0 saturated heterocycles. The van der Waals surface area contributed by atoms with Crippen LogP contribution in [0.1, 0.15) is 34.6 Å². The summed E-state index contributed by atoms with van der Waals surface area (Å²) in [6, 6.07) is 27.7. The maximum Gasteiger partial charge on any atom is 0.335 e. The highest BCUT2D eigenvalue weighted by Crippen LogP contribution is 2.35. The van der Waals surface area contributed by atoms with E-state index >= 15 is 0 Å². The molecule has 0 amide bonds. The highest BCUT2D eigenvalue weighted by Gasteiger charge is 2.29. The van der Waals surface area contributed by atoms with E-state index in [0.717, 1.165) is 25.1 Å². The Morgan fingerprint density at radius 2 is 1.56 bits per heavy atom. The monoisotopic (exact) mass is 488 g/mol. The van der Waals surface area contributed by atoms with Crippen LogP contribution < -0.4 is 0 Å². The van der Waals surface area contributed by atoms with Gasteiger partial charge in [0, 0.05) is 12.5 Å². The first-order valence-electron chi connectivity index (χ1n) is 11.4. The second kappa shape index (κ2) is 12.1. The number of carboxylic acids is 2. The van der Waals surface area contributed by atoms with Gasteiger partial charge in [0.25, 0.3) is 0 Å². The summed E-state index contributed by atoms with van der Waals surface area (Å²) in [7, 11) is 2.19. The van der Waals surface area contributed by atoms with Crippen LogP contribution in [0.4, 0.5) is 0 Å². The number of nitriles is 1. The summed E-state index contributed by atoms with van der Waals surface area (Å²) in [4.78, 5) is 21.9. The van der Waals surface area contributed by atoms with Crippen LogP contribution >= 0.6 is 0 Å². The third kappa shape index (κ3) is 6.55. The van der Waals surface area contributed by atoms with Gasteiger partial charge in [-0.05, 0) is 66.0 Å². The molecule has 36 heavy (non-hydrogen) atoms. The Balaban J connectivity index is 0.000000308. The van der Waals surface area contributed by atoms with E-state index in [-0.39, 0.29) is 0 Å². The van der Waals surface area contributed by atoms with Crippen molar-refractivity contribution >= 4 is 11.9 Å². The maximum absolute atomic E-state index is 9.77. The highest BCUT2D eigenvalue weighted by molar-refractivity contribution is 5.83. The fourth-order valence-corrected chi connectivity index (χ4v) is 4.21. The molecule has 3 atom stereocenters. The Bertz CT molecular complexity index is 1240. The molecule has 1 heterocycles. The van der Waals surface area contributed by atoms with Gasteiger partial charge in [-0.3, -0.25) is 0 Å². The number of carboxylic acid groups (broad SMARTS) is 2. The van der Waals surface area contributed by atoms with E-state index < -0.39 is 24.1 Å². The van der Waals surface area contributed by atoms with E-state index in [9.17, 15) is 14.9 Å². The molecule has 0 bridgehead atoms. The molecule has 3 aromatic carbocycles. The minimum Gasteiger partial charge on any atom is -0.479 e. The van der Waals surface area contributed by atoms with Gasteiger partial charge in [0.2, 0.25) is 0 Å². The van der Waals surface area contributed by atoms with Gasteiger partial charge in [0.1, 0.15) is 0 Å². The Labute approximate surface area is 209 Å². The summed E-state index contributed by atoms with van der Waals surface area (Å²) in [6.07, 6.45) is -3.40. The smallest absolute Gasteiger partial charge is 0.335 e. The predicted molar refractivity (Wildman–Crippen MR) is 133 cm³/mol. The van der Waals surface area contributed by atoms with Crippen molar-refractivity contribution < 1.29 is 30.0 Å². The number of aliphatic hydroxyl groups excluding tert-OH is 2. The number of rotatable bonds is 5. The van der Waals surface area contributed by atoms with Gasteiger partial charge >= 0.3 is 11.9 Å². The summed E-state index contributed by atoms with van der Waals surface area (Å²) >= 11 is 0. The Kier molecular flexibility index (Phi) is 8.92. The summed E-state index contributed by atoms with van der Waals surface area (Å²) in [5.41, 5.74) is 7.21. The average Bonchev–Trinajstić information content (AvgIpc) is 3.06. The second-order valence-corrected chi connectivity index (χ2v) is 8.66. The molecule has 1 aliphatic heterocycles. The third-order valence-electron chi connectivity index (χ3n) is 6.09. The topological polar surface area (TPSA) is 142 Å². The van der Waals surface area contributed by atoms with Crippen molar-refractivity contribution in [2.75, 3.05) is 13.6 Å². The second-order valence-electron chi connectivity index (χ2n) is 8.66. The molecule has 0 saturated carbocycles. The number of hydrogen-bond acceptors (Lipinski definition) is 6. The van der Waals surface area contributed by atoms with Crippen LogP contribution in [-0.2, 0) is 16.1 Å². The largest absolute Gasteiger partial charge is 0.479 e. The van der Waals surface area contributed by atoms with E-state index in [4.69, 9.17) is 20.4 Å². The number of aliphatic hydroxyl groups is 2. The molecule has 8 heteroatoms. The average molecular weight is 489 g/mol. The Hall–Kier alpha value is -4.03. The first-order valence-corrected chi connectivity index (χ1v) is 11.4. The lowest BCUT2D eigenvalue weighted by atomic mass is 9.85. The zero-order chi connectivity index (χ0) is 26.2. The van der Waals surface area contributed by atoms with Crippen LogP contribution in [0.2, 0.25) is 0 Å². The normalized spacial score (nSPS) is 16.8. The van der Waals surface area contributed by atoms with E-state index in [1.807, 2.05) is 18.2 Å². The van der Waals surface area contributed by atoms with Gasteiger partial charge in [0.15, 0.2) is 12.2 Å². The van der Waals surface area contributed by atoms with Crippen LogP contribution in [0.5, 0.6) is 0 Å². The van der Waals surface area contributed by atoms with Crippen molar-refractivity contribution in [2.24, 2.45) is 0 Å². The summed E-state index contributed by atoms with van der Waals surface area (Å²) < 4.78 is 0. The minimum absolute atomic E-state index is 0.440. The third-order valence-corrected chi connectivity index (χ3v) is 6.09. The molecule has 0 fully saturated rings.